The van der Waals surface area contributed by atoms with Crippen LogP contribution in [0.1, 0.15) is 32.6 Å². The number of ether oxygens (including phenoxy) is 2. The van der Waals surface area contributed by atoms with Crippen LogP contribution < -0.4 is 0 Å². The summed E-state index contributed by atoms with van der Waals surface area (Å²) >= 11 is 0. The molecule has 0 amide bonds. The van der Waals surface area contributed by atoms with Crippen molar-refractivity contribution in [1.82, 2.24) is 0 Å². The average Bonchev–Trinajstić information content (AvgIpc) is 2.45. The predicted octanol–water partition coefficient (Wildman–Crippen LogP) is -0.726. The fourth-order valence-electron chi connectivity index (χ4n) is 2.97. The molecule has 1 saturated carbocycles. The molecule has 1 saturated heterocycles. The third kappa shape index (κ3) is 3.72. The van der Waals surface area contributed by atoms with Crippen molar-refractivity contribution in [3.63, 3.8) is 0 Å². The maximum Gasteiger partial charge on any atom is 0.186 e. The van der Waals surface area contributed by atoms with E-state index in [4.69, 9.17) is 14.7 Å². The maximum absolute atomic E-state index is 10.1. The van der Waals surface area contributed by atoms with Crippen molar-refractivity contribution >= 4 is 0 Å². The Morgan fingerprint density at radius 1 is 1.14 bits per heavy atom. The molecule has 120 valence electrons. The minimum atomic E-state index is -1.36. The van der Waals surface area contributed by atoms with Gasteiger partial charge in [-0.05, 0) is 32.1 Å². The predicted molar refractivity (Wildman–Crippen MR) is 70.8 cm³/mol. The Bertz CT molecular complexity index is 386. The average molecular weight is 301 g/mol. The monoisotopic (exact) mass is 301 g/mol. The highest BCUT2D eigenvalue weighted by Crippen LogP contribution is 2.31. The van der Waals surface area contributed by atoms with Gasteiger partial charge in [0.1, 0.15) is 18.3 Å². The number of nitriles is 1. The van der Waals surface area contributed by atoms with Crippen LogP contribution >= 0.6 is 0 Å². The van der Waals surface area contributed by atoms with Crippen LogP contribution in [0.15, 0.2) is 0 Å². The summed E-state index contributed by atoms with van der Waals surface area (Å²) in [6.07, 6.45) is -4.64. The van der Waals surface area contributed by atoms with E-state index in [9.17, 15) is 20.4 Å². The van der Waals surface area contributed by atoms with Gasteiger partial charge in [-0.3, -0.25) is 0 Å². The first-order valence-corrected chi connectivity index (χ1v) is 7.34. The summed E-state index contributed by atoms with van der Waals surface area (Å²) in [7, 11) is 0. The lowest BCUT2D eigenvalue weighted by Gasteiger charge is -2.42. The van der Waals surface area contributed by atoms with Gasteiger partial charge in [0.05, 0.1) is 24.4 Å². The first kappa shape index (κ1) is 16.6. The fraction of sp³-hybridized carbons (Fsp3) is 0.929. The number of rotatable bonds is 3. The SMILES string of the molecule is CC1OC(OC2CCC(CC#N)CC2O)C(O)C(O)C1O. The number of nitrogens with zero attached hydrogens (tertiary/aromatic N) is 1. The maximum atomic E-state index is 10.1. The van der Waals surface area contributed by atoms with E-state index >= 15 is 0 Å². The van der Waals surface area contributed by atoms with Gasteiger partial charge in [-0.25, -0.2) is 0 Å². The third-order valence-corrected chi connectivity index (χ3v) is 4.36. The van der Waals surface area contributed by atoms with Gasteiger partial charge < -0.3 is 29.9 Å². The summed E-state index contributed by atoms with van der Waals surface area (Å²) in [4.78, 5) is 0. The lowest BCUT2D eigenvalue weighted by atomic mass is 9.83. The van der Waals surface area contributed by atoms with E-state index in [0.717, 1.165) is 6.42 Å². The molecule has 21 heavy (non-hydrogen) atoms. The Morgan fingerprint density at radius 3 is 2.48 bits per heavy atom. The van der Waals surface area contributed by atoms with Gasteiger partial charge in [0.25, 0.3) is 0 Å². The van der Waals surface area contributed by atoms with Crippen molar-refractivity contribution in [2.24, 2.45) is 5.92 Å². The molecule has 0 aromatic rings. The number of aliphatic hydroxyl groups is 4. The molecule has 0 aromatic heterocycles. The van der Waals surface area contributed by atoms with Gasteiger partial charge in [0.15, 0.2) is 6.29 Å². The molecule has 7 nitrogen and oxygen atoms in total. The highest BCUT2D eigenvalue weighted by Gasteiger charge is 2.44. The Hall–Kier alpha value is -0.750. The molecule has 0 spiro atoms. The van der Waals surface area contributed by atoms with Gasteiger partial charge in [-0.2, -0.15) is 5.26 Å². The van der Waals surface area contributed by atoms with Gasteiger partial charge >= 0.3 is 0 Å². The molecule has 2 rings (SSSR count). The zero-order valence-electron chi connectivity index (χ0n) is 12.0. The van der Waals surface area contributed by atoms with Crippen LogP contribution in [0.2, 0.25) is 0 Å². The summed E-state index contributed by atoms with van der Waals surface area (Å²) < 4.78 is 11.0. The highest BCUT2D eigenvalue weighted by atomic mass is 16.7. The molecule has 0 bridgehead atoms. The van der Waals surface area contributed by atoms with Crippen molar-refractivity contribution < 1.29 is 29.9 Å². The van der Waals surface area contributed by atoms with E-state index in [2.05, 4.69) is 6.07 Å². The number of hydrogen-bond acceptors (Lipinski definition) is 7. The summed E-state index contributed by atoms with van der Waals surface area (Å²) in [5.41, 5.74) is 0. The quantitative estimate of drug-likeness (QED) is 0.542. The Morgan fingerprint density at radius 2 is 1.86 bits per heavy atom. The molecule has 1 heterocycles. The van der Waals surface area contributed by atoms with Crippen molar-refractivity contribution in [1.29, 1.82) is 5.26 Å². The van der Waals surface area contributed by atoms with E-state index < -0.39 is 42.9 Å². The summed E-state index contributed by atoms with van der Waals surface area (Å²) in [6.45, 7) is 1.58. The molecule has 8 unspecified atom stereocenters. The molecule has 8 atom stereocenters. The second-order valence-electron chi connectivity index (χ2n) is 5.96. The Kier molecular flexibility index (Phi) is 5.54. The number of aliphatic hydroxyl groups excluding tert-OH is 4. The van der Waals surface area contributed by atoms with Gasteiger partial charge in [-0.1, -0.05) is 0 Å². The smallest absolute Gasteiger partial charge is 0.186 e. The minimum Gasteiger partial charge on any atom is -0.390 e. The van der Waals surface area contributed by atoms with Crippen LogP contribution in [0, 0.1) is 17.2 Å². The van der Waals surface area contributed by atoms with Crippen LogP contribution in [-0.4, -0.2) is 63.3 Å². The van der Waals surface area contributed by atoms with Crippen molar-refractivity contribution in [3.8, 4) is 6.07 Å². The molecule has 1 aliphatic carbocycles. The van der Waals surface area contributed by atoms with Crippen LogP contribution in [0.25, 0.3) is 0 Å². The molecular formula is C14H23NO6. The van der Waals surface area contributed by atoms with E-state index in [1.165, 1.54) is 0 Å². The molecular weight excluding hydrogens is 278 g/mol. The molecule has 7 heteroatoms. The fourth-order valence-corrected chi connectivity index (χ4v) is 2.97. The standard InChI is InChI=1S/C14H23NO6/c1-7-11(17)12(18)13(19)14(20-7)21-10-3-2-8(4-5-15)6-9(10)16/h7-14,16-19H,2-4,6H2,1H3. The Balaban J connectivity index is 1.91. The molecule has 0 radical (unpaired) electrons. The lowest BCUT2D eigenvalue weighted by Crippen LogP contribution is -2.58. The van der Waals surface area contributed by atoms with Crippen LogP contribution in [0.5, 0.6) is 0 Å². The van der Waals surface area contributed by atoms with Crippen LogP contribution in [0.3, 0.4) is 0 Å². The number of hydrogen-bond donors (Lipinski definition) is 4. The van der Waals surface area contributed by atoms with Gasteiger partial charge in [-0.15, -0.1) is 0 Å². The highest BCUT2D eigenvalue weighted by molar-refractivity contribution is 4.90. The van der Waals surface area contributed by atoms with Gasteiger partial charge in [0.2, 0.25) is 0 Å². The summed E-state index contributed by atoms with van der Waals surface area (Å²) in [5.74, 6) is 0.161. The van der Waals surface area contributed by atoms with E-state index in [1.807, 2.05) is 0 Å². The second kappa shape index (κ2) is 7.01. The van der Waals surface area contributed by atoms with Crippen molar-refractivity contribution in [3.05, 3.63) is 0 Å². The molecule has 0 aromatic carbocycles. The second-order valence-corrected chi connectivity index (χ2v) is 5.96. The molecule has 1 aliphatic heterocycles. The summed E-state index contributed by atoms with van der Waals surface area (Å²) in [6, 6.07) is 2.10. The van der Waals surface area contributed by atoms with E-state index in [1.54, 1.807) is 6.92 Å². The zero-order chi connectivity index (χ0) is 15.6. The van der Waals surface area contributed by atoms with E-state index in [-0.39, 0.29) is 5.92 Å². The largest absolute Gasteiger partial charge is 0.390 e. The third-order valence-electron chi connectivity index (χ3n) is 4.36. The Labute approximate surface area is 123 Å². The van der Waals surface area contributed by atoms with Crippen LogP contribution in [0.4, 0.5) is 0 Å². The van der Waals surface area contributed by atoms with Crippen LogP contribution in [-0.2, 0) is 9.47 Å². The van der Waals surface area contributed by atoms with Gasteiger partial charge in [0, 0.05) is 6.42 Å². The summed E-state index contributed by atoms with van der Waals surface area (Å²) in [5, 5.41) is 48.0. The first-order chi connectivity index (χ1) is 9.93. The molecule has 2 fully saturated rings. The normalized spacial score (nSPS) is 47.8. The molecule has 4 N–H and O–H groups in total. The first-order valence-electron chi connectivity index (χ1n) is 7.34. The zero-order valence-corrected chi connectivity index (χ0v) is 12.0. The topological polar surface area (TPSA) is 123 Å². The van der Waals surface area contributed by atoms with Crippen molar-refractivity contribution in [2.75, 3.05) is 0 Å². The van der Waals surface area contributed by atoms with E-state index in [0.29, 0.717) is 19.3 Å². The lowest BCUT2D eigenvalue weighted by molar-refractivity contribution is -0.312. The minimum absolute atomic E-state index is 0.161. The molecule has 2 aliphatic rings. The van der Waals surface area contributed by atoms with Crippen molar-refractivity contribution in [2.45, 2.75) is 75.5 Å².